The van der Waals surface area contributed by atoms with Gasteiger partial charge in [-0.15, -0.1) is 0 Å². The zero-order valence-electron chi connectivity index (χ0n) is 37.1. The van der Waals surface area contributed by atoms with Crippen molar-refractivity contribution in [3.8, 4) is 0 Å². The normalized spacial score (nSPS) is 55.0. The number of allylic oxidation sites excluding steroid dienone is 1. The van der Waals surface area contributed by atoms with Crippen LogP contribution >= 0.6 is 0 Å². The Morgan fingerprint density at radius 3 is 2.10 bits per heavy atom. The van der Waals surface area contributed by atoms with E-state index in [2.05, 4.69) is 26.8 Å². The average molecular weight is 903 g/mol. The van der Waals surface area contributed by atoms with E-state index in [0.717, 1.165) is 32.1 Å². The first-order chi connectivity index (χ1) is 29.8. The maximum absolute atomic E-state index is 12.0. The van der Waals surface area contributed by atoms with Crippen LogP contribution in [-0.2, 0) is 33.2 Å². The first kappa shape index (κ1) is 48.5. The van der Waals surface area contributed by atoms with Gasteiger partial charge in [-0.05, 0) is 98.7 Å². The van der Waals surface area contributed by atoms with Gasteiger partial charge in [0.05, 0.1) is 38.1 Å². The van der Waals surface area contributed by atoms with Gasteiger partial charge in [-0.1, -0.05) is 39.3 Å². The number of rotatable bonds is 12. The molecule has 4 saturated heterocycles. The van der Waals surface area contributed by atoms with Gasteiger partial charge >= 0.3 is 0 Å². The molecule has 4 heterocycles. The van der Waals surface area contributed by atoms with Gasteiger partial charge in [-0.3, -0.25) is 0 Å². The predicted octanol–water partition coefficient (Wildman–Crippen LogP) is -0.831. The van der Waals surface area contributed by atoms with E-state index >= 15 is 0 Å². The van der Waals surface area contributed by atoms with Crippen LogP contribution in [0.1, 0.15) is 92.4 Å². The SMILES string of the molecule is CC1O[C@@H](OC2C(O)[C@H](O)C(CO)O[C@H]2OC2CC[C@@]3(C)C(=CC[C@@H]4[C@@H]3CC[C@]3(C)C5C(C[C@@H]43)OC(O)(CC[C@@H](C)CO[C@@H]3OC(CO)[C@@H](O)C(O)C3O)[C@H]5C)C2)C(O)C(O)[C@H]1O. The molecule has 0 spiro atoms. The Hall–Kier alpha value is -0.980. The number of aliphatic hydroxyl groups excluding tert-OH is 10. The third-order valence-corrected chi connectivity index (χ3v) is 17.4. The van der Waals surface area contributed by atoms with Crippen LogP contribution in [0.5, 0.6) is 0 Å². The zero-order chi connectivity index (χ0) is 45.5. The lowest BCUT2D eigenvalue weighted by Crippen LogP contribution is -2.64. The molecule has 0 amide bonds. The van der Waals surface area contributed by atoms with Gasteiger partial charge < -0.3 is 89.3 Å². The second-order valence-electron chi connectivity index (χ2n) is 21.0. The van der Waals surface area contributed by atoms with Crippen LogP contribution in [0.15, 0.2) is 11.6 Å². The van der Waals surface area contributed by atoms with Crippen LogP contribution in [0.3, 0.4) is 0 Å². The fourth-order valence-electron chi connectivity index (χ4n) is 13.5. The van der Waals surface area contributed by atoms with Crippen molar-refractivity contribution in [3.05, 3.63) is 11.6 Å². The monoisotopic (exact) mass is 902 g/mol. The summed E-state index contributed by atoms with van der Waals surface area (Å²) in [7, 11) is 0. The van der Waals surface area contributed by atoms with Gasteiger partial charge in [0.25, 0.3) is 0 Å². The fourth-order valence-corrected chi connectivity index (χ4v) is 13.5. The summed E-state index contributed by atoms with van der Waals surface area (Å²) >= 11 is 0. The highest BCUT2D eigenvalue weighted by atomic mass is 16.8. The Balaban J connectivity index is 0.885. The molecular formula is C45H74O18. The first-order valence-corrected chi connectivity index (χ1v) is 23.4. The van der Waals surface area contributed by atoms with Crippen LogP contribution in [0, 0.1) is 46.3 Å². The summed E-state index contributed by atoms with van der Waals surface area (Å²) in [5.74, 6) is 0.0506. The quantitative estimate of drug-likeness (QED) is 0.107. The maximum Gasteiger partial charge on any atom is 0.187 e. The molecule has 4 aliphatic carbocycles. The predicted molar refractivity (Wildman–Crippen MR) is 218 cm³/mol. The van der Waals surface area contributed by atoms with Crippen LogP contribution in [0.4, 0.5) is 0 Å². The Kier molecular flexibility index (Phi) is 14.2. The smallest absolute Gasteiger partial charge is 0.187 e. The number of ether oxygens (including phenoxy) is 7. The van der Waals surface area contributed by atoms with Crippen LogP contribution < -0.4 is 0 Å². The third kappa shape index (κ3) is 8.51. The van der Waals surface area contributed by atoms with Crippen molar-refractivity contribution < 1.29 is 89.3 Å². The number of hydrogen-bond donors (Lipinski definition) is 11. The highest BCUT2D eigenvalue weighted by molar-refractivity contribution is 5.26. The minimum absolute atomic E-state index is 0.0148. The van der Waals surface area contributed by atoms with Crippen molar-refractivity contribution in [2.24, 2.45) is 46.3 Å². The molecule has 13 unspecified atom stereocenters. The van der Waals surface area contributed by atoms with Crippen molar-refractivity contribution in [1.82, 2.24) is 0 Å². The molecule has 0 aromatic rings. The second-order valence-corrected chi connectivity index (χ2v) is 21.0. The Morgan fingerprint density at radius 1 is 0.746 bits per heavy atom. The van der Waals surface area contributed by atoms with Gasteiger partial charge in [0.1, 0.15) is 67.1 Å². The molecule has 18 heteroatoms. The molecule has 0 aromatic heterocycles. The Morgan fingerprint density at radius 2 is 1.40 bits per heavy atom. The van der Waals surface area contributed by atoms with Gasteiger partial charge in [0.15, 0.2) is 24.7 Å². The van der Waals surface area contributed by atoms with Crippen LogP contribution in [0.2, 0.25) is 0 Å². The molecule has 8 rings (SSSR count). The van der Waals surface area contributed by atoms with Crippen LogP contribution in [0.25, 0.3) is 0 Å². The molecule has 362 valence electrons. The van der Waals surface area contributed by atoms with Crippen molar-refractivity contribution >= 4 is 0 Å². The molecule has 11 N–H and O–H groups in total. The van der Waals surface area contributed by atoms with E-state index in [-0.39, 0.29) is 47.4 Å². The Bertz CT molecular complexity index is 1600. The average Bonchev–Trinajstić information content (AvgIpc) is 3.70. The standard InChI is InChI=1S/C45H74O18/c1-19(18-57-40-37(54)35(52)32(49)28(16-46)60-40)8-13-45(56)20(2)30-27(63-45)15-26-24-7-6-22-14-23(9-11-43(22,4)25(24)10-12-44(26,30)5)59-42-39(36(53)33(50)29(17-47)61-42)62-41-38(55)34(51)31(48)21(3)58-41/h6,19-21,23-42,46-56H,7-18H2,1-5H3/t19-,20+,21?,23?,24-,25+,26+,27?,28?,29?,30?,31+,32-,33-,34?,35?,36?,37?,38?,39?,40-,41+,42-,43+,44+,45?/m1/s1. The molecule has 4 aliphatic heterocycles. The van der Waals surface area contributed by atoms with Gasteiger partial charge in [-0.25, -0.2) is 0 Å². The molecule has 7 fully saturated rings. The molecular weight excluding hydrogens is 828 g/mol. The van der Waals surface area contributed by atoms with E-state index < -0.39 is 111 Å². The lowest BCUT2D eigenvalue weighted by atomic mass is 9.47. The number of fused-ring (bicyclic) bond motifs is 7. The van der Waals surface area contributed by atoms with Crippen LogP contribution in [-0.4, -0.2) is 186 Å². The second kappa shape index (κ2) is 18.5. The summed E-state index contributed by atoms with van der Waals surface area (Å²) in [5, 5.41) is 115. The fraction of sp³-hybridized carbons (Fsp3) is 0.956. The van der Waals surface area contributed by atoms with E-state index in [0.29, 0.717) is 43.4 Å². The maximum atomic E-state index is 12.0. The molecule has 8 aliphatic rings. The van der Waals surface area contributed by atoms with E-state index in [1.54, 1.807) is 0 Å². The summed E-state index contributed by atoms with van der Waals surface area (Å²) in [6.45, 7) is 9.43. The topological polar surface area (TPSA) is 287 Å². The molecule has 0 aromatic carbocycles. The molecule has 63 heavy (non-hydrogen) atoms. The van der Waals surface area contributed by atoms with E-state index in [1.165, 1.54) is 12.5 Å². The van der Waals surface area contributed by atoms with Crippen molar-refractivity contribution in [2.75, 3.05) is 19.8 Å². The highest BCUT2D eigenvalue weighted by Crippen LogP contribution is 2.70. The van der Waals surface area contributed by atoms with Crippen molar-refractivity contribution in [2.45, 2.75) is 203 Å². The molecule has 0 radical (unpaired) electrons. The number of hydrogen-bond acceptors (Lipinski definition) is 18. The Labute approximate surface area is 369 Å². The summed E-state index contributed by atoms with van der Waals surface area (Å²) in [4.78, 5) is 0. The summed E-state index contributed by atoms with van der Waals surface area (Å²) < 4.78 is 42.1. The van der Waals surface area contributed by atoms with Gasteiger partial charge in [0.2, 0.25) is 0 Å². The highest BCUT2D eigenvalue weighted by Gasteiger charge is 2.68. The molecule has 26 atom stereocenters. The van der Waals surface area contributed by atoms with Crippen molar-refractivity contribution in [1.29, 1.82) is 0 Å². The minimum atomic E-state index is -1.65. The van der Waals surface area contributed by atoms with E-state index in [9.17, 15) is 56.2 Å². The summed E-state index contributed by atoms with van der Waals surface area (Å²) in [6, 6.07) is 0. The first-order valence-electron chi connectivity index (χ1n) is 23.4. The lowest BCUT2D eigenvalue weighted by Gasteiger charge is -2.58. The van der Waals surface area contributed by atoms with E-state index in [4.69, 9.17) is 33.2 Å². The molecule has 0 bridgehead atoms. The van der Waals surface area contributed by atoms with E-state index in [1.807, 2.05) is 6.92 Å². The summed E-state index contributed by atoms with van der Waals surface area (Å²) in [6.07, 6.45) is -11.5. The molecule has 18 nitrogen and oxygen atoms in total. The number of aliphatic hydroxyl groups is 11. The lowest BCUT2D eigenvalue weighted by molar-refractivity contribution is -0.369. The summed E-state index contributed by atoms with van der Waals surface area (Å²) in [5.41, 5.74) is 1.23. The van der Waals surface area contributed by atoms with Crippen molar-refractivity contribution in [3.63, 3.8) is 0 Å². The molecule has 3 saturated carbocycles. The van der Waals surface area contributed by atoms with Gasteiger partial charge in [0, 0.05) is 12.3 Å². The minimum Gasteiger partial charge on any atom is -0.394 e. The van der Waals surface area contributed by atoms with Gasteiger partial charge in [-0.2, -0.15) is 0 Å². The third-order valence-electron chi connectivity index (χ3n) is 17.4. The largest absolute Gasteiger partial charge is 0.394 e. The zero-order valence-corrected chi connectivity index (χ0v) is 37.1.